The predicted octanol–water partition coefficient (Wildman–Crippen LogP) is 5.30. The third kappa shape index (κ3) is 6.51. The van der Waals surface area contributed by atoms with Gasteiger partial charge in [-0.25, -0.2) is 18.6 Å². The third-order valence-corrected chi connectivity index (χ3v) is 5.24. The summed E-state index contributed by atoms with van der Waals surface area (Å²) in [6.07, 6.45) is -0.189. The predicted molar refractivity (Wildman–Crippen MR) is 113 cm³/mol. The molecule has 0 saturated carbocycles. The molecule has 0 radical (unpaired) electrons. The van der Waals surface area contributed by atoms with Crippen LogP contribution in [-0.4, -0.2) is 45.7 Å². The van der Waals surface area contributed by atoms with Crippen molar-refractivity contribution in [1.29, 1.82) is 0 Å². The van der Waals surface area contributed by atoms with Gasteiger partial charge in [0, 0.05) is 25.1 Å². The molecule has 1 aliphatic rings. The van der Waals surface area contributed by atoms with Gasteiger partial charge in [-0.05, 0) is 61.3 Å². The lowest BCUT2D eigenvalue weighted by Gasteiger charge is -2.44. The summed E-state index contributed by atoms with van der Waals surface area (Å²) in [5.74, 6) is -2.37. The lowest BCUT2D eigenvalue weighted by Crippen LogP contribution is -2.54. The molecule has 6 nitrogen and oxygen atoms in total. The number of hydrogen-bond acceptors (Lipinski definition) is 5. The molecule has 0 spiro atoms. The lowest BCUT2D eigenvalue weighted by molar-refractivity contribution is -0.172. The number of aromatic nitrogens is 1. The van der Waals surface area contributed by atoms with Gasteiger partial charge in [0.15, 0.2) is 11.0 Å². The van der Waals surface area contributed by atoms with Gasteiger partial charge < -0.3 is 14.4 Å². The van der Waals surface area contributed by atoms with E-state index in [4.69, 9.17) is 21.1 Å². The van der Waals surface area contributed by atoms with E-state index in [9.17, 15) is 18.4 Å². The molecule has 2 atom stereocenters. The molecule has 0 aromatic carbocycles. The van der Waals surface area contributed by atoms with Crippen molar-refractivity contribution in [1.82, 2.24) is 9.88 Å². The average Bonchev–Trinajstić information content (AvgIpc) is 2.56. The van der Waals surface area contributed by atoms with Crippen LogP contribution in [0.3, 0.4) is 0 Å². The van der Waals surface area contributed by atoms with Gasteiger partial charge in [-0.15, -0.1) is 0 Å². The van der Waals surface area contributed by atoms with Crippen LogP contribution < -0.4 is 0 Å². The molecule has 0 N–H and O–H groups in total. The molecule has 1 amide bonds. The fraction of sp³-hybridized carbons (Fsp3) is 0.682. The second kappa shape index (κ2) is 8.88. The zero-order chi connectivity index (χ0) is 23.8. The fourth-order valence-electron chi connectivity index (χ4n) is 3.65. The van der Waals surface area contributed by atoms with Crippen molar-refractivity contribution in [3.05, 3.63) is 28.5 Å². The summed E-state index contributed by atoms with van der Waals surface area (Å²) in [5, 5.41) is -0.463. The smallest absolute Gasteiger partial charge is 0.410 e. The number of hydrogen-bond donors (Lipinski definition) is 0. The highest BCUT2D eigenvalue weighted by Crippen LogP contribution is 2.41. The van der Waals surface area contributed by atoms with Crippen LogP contribution in [0, 0.1) is 17.0 Å². The van der Waals surface area contributed by atoms with Gasteiger partial charge in [-0.1, -0.05) is 11.6 Å². The van der Waals surface area contributed by atoms with Crippen molar-refractivity contribution in [3.8, 4) is 0 Å². The first-order chi connectivity index (χ1) is 14.0. The van der Waals surface area contributed by atoms with E-state index in [0.29, 0.717) is 6.07 Å². The molecule has 0 bridgehead atoms. The summed E-state index contributed by atoms with van der Waals surface area (Å²) in [4.78, 5) is 31.2. The number of halogens is 3. The van der Waals surface area contributed by atoms with E-state index in [0.717, 1.165) is 0 Å². The first-order valence-corrected chi connectivity index (χ1v) is 10.6. The molecule has 2 rings (SSSR count). The van der Waals surface area contributed by atoms with E-state index in [2.05, 4.69) is 4.98 Å². The number of carbonyl (C=O) groups excluding carboxylic acids is 2. The maximum atomic E-state index is 14.4. The van der Waals surface area contributed by atoms with E-state index >= 15 is 0 Å². The highest BCUT2D eigenvalue weighted by atomic mass is 35.5. The van der Waals surface area contributed by atoms with Crippen LogP contribution in [0.5, 0.6) is 0 Å². The van der Waals surface area contributed by atoms with Gasteiger partial charge in [0.05, 0.1) is 11.1 Å². The van der Waals surface area contributed by atoms with Crippen LogP contribution in [0.4, 0.5) is 13.6 Å². The van der Waals surface area contributed by atoms with E-state index < -0.39 is 45.5 Å². The number of carbonyl (C=O) groups is 2. The molecule has 9 heteroatoms. The second-order valence-corrected chi connectivity index (χ2v) is 10.5. The number of esters is 1. The summed E-state index contributed by atoms with van der Waals surface area (Å²) in [6, 6.07) is 0.280. The molecule has 174 valence electrons. The van der Waals surface area contributed by atoms with Crippen molar-refractivity contribution in [2.75, 3.05) is 6.54 Å². The standard InChI is InChI=1S/C22H31ClF2N2O4/c1-13-11-22(18(28)30-20(2,3)4,8-9-27(13)19(29)31-21(5,6)7)12-16-14(24)10-15(25)17(23)26-16/h10,13H,8-9,11-12H2,1-7H3/t13-,22-/m1/s1. The number of likely N-dealkylation sites (tertiary alicyclic amines) is 1. The maximum Gasteiger partial charge on any atom is 0.410 e. The first kappa shape index (κ1) is 25.3. The number of pyridine rings is 1. The quantitative estimate of drug-likeness (QED) is 0.452. The molecule has 0 aliphatic carbocycles. The SMILES string of the molecule is C[C@@H]1C[C@](Cc2nc(Cl)c(F)cc2F)(C(=O)OC(C)(C)C)CCN1C(=O)OC(C)(C)C. The van der Waals surface area contributed by atoms with Crippen LogP contribution in [-0.2, 0) is 20.7 Å². The molecule has 2 heterocycles. The van der Waals surface area contributed by atoms with Gasteiger partial charge in [0.2, 0.25) is 0 Å². The zero-order valence-corrected chi connectivity index (χ0v) is 19.9. The number of nitrogens with zero attached hydrogens (tertiary/aromatic N) is 2. The number of rotatable bonds is 3. The lowest BCUT2D eigenvalue weighted by atomic mass is 9.72. The molecular weight excluding hydrogens is 430 g/mol. The topological polar surface area (TPSA) is 68.7 Å². The van der Waals surface area contributed by atoms with Crippen LogP contribution in [0.15, 0.2) is 6.07 Å². The van der Waals surface area contributed by atoms with E-state index in [1.54, 1.807) is 53.4 Å². The molecule has 1 aromatic heterocycles. The number of amides is 1. The molecule has 1 aromatic rings. The van der Waals surface area contributed by atoms with Crippen LogP contribution in [0.2, 0.25) is 5.15 Å². The second-order valence-electron chi connectivity index (χ2n) is 10.1. The Hall–Kier alpha value is -1.96. The largest absolute Gasteiger partial charge is 0.460 e. The summed E-state index contributed by atoms with van der Waals surface area (Å²) in [6.45, 7) is 12.6. The summed E-state index contributed by atoms with van der Waals surface area (Å²) in [7, 11) is 0. The summed E-state index contributed by atoms with van der Waals surface area (Å²) >= 11 is 5.75. The monoisotopic (exact) mass is 460 g/mol. The highest BCUT2D eigenvalue weighted by Gasteiger charge is 2.48. The Labute approximate surface area is 187 Å². The van der Waals surface area contributed by atoms with Crippen molar-refractivity contribution in [2.45, 2.75) is 85.0 Å². The van der Waals surface area contributed by atoms with Crippen LogP contribution in [0.25, 0.3) is 0 Å². The Bertz CT molecular complexity index is 851. The van der Waals surface area contributed by atoms with Gasteiger partial charge in [-0.3, -0.25) is 4.79 Å². The minimum Gasteiger partial charge on any atom is -0.460 e. The first-order valence-electron chi connectivity index (χ1n) is 10.3. The molecule has 31 heavy (non-hydrogen) atoms. The molecule has 0 unspecified atom stereocenters. The van der Waals surface area contributed by atoms with Crippen molar-refractivity contribution >= 4 is 23.7 Å². The molecule has 1 aliphatic heterocycles. The number of piperidine rings is 1. The van der Waals surface area contributed by atoms with Gasteiger partial charge in [0.25, 0.3) is 0 Å². The third-order valence-electron chi connectivity index (χ3n) is 4.97. The maximum absolute atomic E-state index is 14.4. The van der Waals surface area contributed by atoms with Crippen LogP contribution in [0.1, 0.15) is 67.0 Å². The van der Waals surface area contributed by atoms with Gasteiger partial charge in [-0.2, -0.15) is 0 Å². The summed E-state index contributed by atoms with van der Waals surface area (Å²) < 4.78 is 39.1. The van der Waals surface area contributed by atoms with Gasteiger partial charge in [0.1, 0.15) is 17.0 Å². The fourth-order valence-corrected chi connectivity index (χ4v) is 3.81. The molecule has 1 saturated heterocycles. The van der Waals surface area contributed by atoms with E-state index in [1.165, 1.54) is 0 Å². The normalized spacial score (nSPS) is 22.3. The van der Waals surface area contributed by atoms with Crippen molar-refractivity contribution in [3.63, 3.8) is 0 Å². The zero-order valence-electron chi connectivity index (χ0n) is 19.1. The Kier molecular flexibility index (Phi) is 7.25. The molecular formula is C22H31ClF2N2O4. The Morgan fingerprint density at radius 2 is 1.74 bits per heavy atom. The van der Waals surface area contributed by atoms with E-state index in [1.807, 2.05) is 0 Å². The van der Waals surface area contributed by atoms with E-state index in [-0.39, 0.29) is 37.5 Å². The number of ether oxygens (including phenoxy) is 2. The highest BCUT2D eigenvalue weighted by molar-refractivity contribution is 6.29. The van der Waals surface area contributed by atoms with Crippen molar-refractivity contribution in [2.24, 2.45) is 5.41 Å². The van der Waals surface area contributed by atoms with Crippen LogP contribution >= 0.6 is 11.6 Å². The minimum atomic E-state index is -1.15. The average molecular weight is 461 g/mol. The minimum absolute atomic E-state index is 0.116. The Morgan fingerprint density at radius 3 is 2.26 bits per heavy atom. The van der Waals surface area contributed by atoms with Gasteiger partial charge >= 0.3 is 12.1 Å². The summed E-state index contributed by atoms with van der Waals surface area (Å²) in [5.41, 5.74) is -2.69. The van der Waals surface area contributed by atoms with Crippen molar-refractivity contribution < 1.29 is 27.8 Å². The Morgan fingerprint density at radius 1 is 1.16 bits per heavy atom. The Balaban J connectivity index is 2.36. The molecule has 1 fully saturated rings.